The van der Waals surface area contributed by atoms with Crippen LogP contribution >= 0.6 is 0 Å². The van der Waals surface area contributed by atoms with Crippen molar-refractivity contribution in [1.82, 2.24) is 14.5 Å². The molecule has 0 aliphatic carbocycles. The Labute approximate surface area is 158 Å². The van der Waals surface area contributed by atoms with Gasteiger partial charge in [0.05, 0.1) is 11.4 Å². The maximum Gasteiger partial charge on any atom is 0.243 e. The van der Waals surface area contributed by atoms with E-state index in [9.17, 15) is 8.42 Å². The Morgan fingerprint density at radius 2 is 1.85 bits per heavy atom. The molecule has 1 aromatic carbocycles. The second-order valence-electron chi connectivity index (χ2n) is 6.70. The van der Waals surface area contributed by atoms with E-state index in [1.54, 1.807) is 16.4 Å². The van der Waals surface area contributed by atoms with E-state index >= 15 is 0 Å². The van der Waals surface area contributed by atoms with Crippen LogP contribution in [0.2, 0.25) is 0 Å². The predicted octanol–water partition coefficient (Wildman–Crippen LogP) is 2.67. The summed E-state index contributed by atoms with van der Waals surface area (Å²) < 4.78 is 26.7. The van der Waals surface area contributed by atoms with E-state index in [-0.39, 0.29) is 0 Å². The largest absolute Gasteiger partial charge is 0.357 e. The van der Waals surface area contributed by atoms with Crippen molar-refractivity contribution < 1.29 is 8.42 Å². The first-order valence-corrected chi connectivity index (χ1v) is 11.0. The zero-order chi connectivity index (χ0) is 19.0. The van der Waals surface area contributed by atoms with Gasteiger partial charge in [0.15, 0.2) is 5.96 Å². The summed E-state index contributed by atoms with van der Waals surface area (Å²) in [6.07, 6.45) is 4.18. The molecule has 1 aliphatic heterocycles. The molecule has 0 aromatic heterocycles. The van der Waals surface area contributed by atoms with Crippen LogP contribution in [0.25, 0.3) is 0 Å². The zero-order valence-corrected chi connectivity index (χ0v) is 17.1. The molecule has 0 saturated carbocycles. The smallest absolute Gasteiger partial charge is 0.243 e. The van der Waals surface area contributed by atoms with E-state index in [4.69, 9.17) is 0 Å². The van der Waals surface area contributed by atoms with Crippen molar-refractivity contribution >= 4 is 16.0 Å². The molecule has 1 aromatic rings. The van der Waals surface area contributed by atoms with Crippen LogP contribution in [0.1, 0.15) is 45.1 Å². The summed E-state index contributed by atoms with van der Waals surface area (Å²) in [5.74, 6) is 0.884. The highest BCUT2D eigenvalue weighted by Gasteiger charge is 2.26. The van der Waals surface area contributed by atoms with Crippen molar-refractivity contribution in [3.05, 3.63) is 29.8 Å². The van der Waals surface area contributed by atoms with Gasteiger partial charge in [-0.1, -0.05) is 25.5 Å². The van der Waals surface area contributed by atoms with E-state index in [1.165, 1.54) is 0 Å². The summed E-state index contributed by atoms with van der Waals surface area (Å²) in [5.41, 5.74) is 1.00. The fraction of sp³-hybridized carbons (Fsp3) is 0.632. The third kappa shape index (κ3) is 5.45. The highest BCUT2D eigenvalue weighted by Crippen LogP contribution is 2.21. The number of hydrogen-bond acceptors (Lipinski definition) is 3. The van der Waals surface area contributed by atoms with E-state index in [0.717, 1.165) is 50.3 Å². The van der Waals surface area contributed by atoms with Crippen LogP contribution in [-0.4, -0.2) is 56.8 Å². The van der Waals surface area contributed by atoms with Crippen LogP contribution in [0.3, 0.4) is 0 Å². The SMILES string of the molecule is CCCCN(C)C(=NCc1ccc(S(=O)(=O)N2CCCC2)cc1)NCC. The molecule has 0 radical (unpaired) electrons. The van der Waals surface area contributed by atoms with Crippen LogP contribution in [0.4, 0.5) is 0 Å². The molecule has 2 rings (SSSR count). The van der Waals surface area contributed by atoms with Gasteiger partial charge in [0.2, 0.25) is 10.0 Å². The number of guanidine groups is 1. The van der Waals surface area contributed by atoms with Crippen LogP contribution in [0, 0.1) is 0 Å². The van der Waals surface area contributed by atoms with Crippen molar-refractivity contribution in [3.63, 3.8) is 0 Å². The standard InChI is InChI=1S/C19H32N4O2S/c1-4-6-13-22(3)19(20-5-2)21-16-17-9-11-18(12-10-17)26(24,25)23-14-7-8-15-23/h9-12H,4-8,13-16H2,1-3H3,(H,20,21). The first kappa shape index (κ1) is 20.7. The van der Waals surface area contributed by atoms with E-state index in [1.807, 2.05) is 19.2 Å². The number of rotatable bonds is 8. The number of unbranched alkanes of at least 4 members (excludes halogenated alkanes) is 1. The highest BCUT2D eigenvalue weighted by atomic mass is 32.2. The Kier molecular flexibility index (Phi) is 7.90. The maximum absolute atomic E-state index is 12.6. The molecule has 0 amide bonds. The summed E-state index contributed by atoms with van der Waals surface area (Å²) in [7, 11) is -1.30. The van der Waals surface area contributed by atoms with Gasteiger partial charge in [-0.15, -0.1) is 0 Å². The van der Waals surface area contributed by atoms with Crippen molar-refractivity contribution in [2.45, 2.75) is 51.0 Å². The lowest BCUT2D eigenvalue weighted by Gasteiger charge is -2.21. The lowest BCUT2D eigenvalue weighted by molar-refractivity contribution is 0.465. The fourth-order valence-electron chi connectivity index (χ4n) is 2.98. The normalized spacial score (nSPS) is 16.0. The van der Waals surface area contributed by atoms with Gasteiger partial charge in [-0.2, -0.15) is 4.31 Å². The Morgan fingerprint density at radius 1 is 1.19 bits per heavy atom. The molecule has 1 heterocycles. The third-order valence-electron chi connectivity index (χ3n) is 4.58. The van der Waals surface area contributed by atoms with Gasteiger partial charge in [0.1, 0.15) is 0 Å². The molecule has 1 aliphatic rings. The summed E-state index contributed by atoms with van der Waals surface area (Å²) in [4.78, 5) is 7.19. The van der Waals surface area contributed by atoms with Crippen molar-refractivity contribution in [3.8, 4) is 0 Å². The lowest BCUT2D eigenvalue weighted by atomic mass is 10.2. The summed E-state index contributed by atoms with van der Waals surface area (Å²) >= 11 is 0. The number of aliphatic imine (C=N–C) groups is 1. The molecule has 0 spiro atoms. The molecule has 7 heteroatoms. The minimum atomic E-state index is -3.34. The number of nitrogens with zero attached hydrogens (tertiary/aromatic N) is 3. The topological polar surface area (TPSA) is 65.0 Å². The Morgan fingerprint density at radius 3 is 2.42 bits per heavy atom. The second-order valence-corrected chi connectivity index (χ2v) is 8.64. The van der Waals surface area contributed by atoms with Crippen LogP contribution in [0.5, 0.6) is 0 Å². The van der Waals surface area contributed by atoms with E-state index < -0.39 is 10.0 Å². The minimum absolute atomic E-state index is 0.374. The van der Waals surface area contributed by atoms with Gasteiger partial charge < -0.3 is 10.2 Å². The molecule has 6 nitrogen and oxygen atoms in total. The van der Waals surface area contributed by atoms with Gasteiger partial charge in [0, 0.05) is 33.2 Å². The van der Waals surface area contributed by atoms with Gasteiger partial charge >= 0.3 is 0 Å². The van der Waals surface area contributed by atoms with Crippen molar-refractivity contribution in [2.24, 2.45) is 4.99 Å². The average Bonchev–Trinajstić information content (AvgIpc) is 3.19. The summed E-state index contributed by atoms with van der Waals surface area (Å²) in [5, 5.41) is 3.31. The van der Waals surface area contributed by atoms with Crippen molar-refractivity contribution in [1.29, 1.82) is 0 Å². The van der Waals surface area contributed by atoms with Gasteiger partial charge in [-0.05, 0) is 43.9 Å². The predicted molar refractivity (Wildman–Crippen MR) is 107 cm³/mol. The van der Waals surface area contributed by atoms with Crippen LogP contribution in [0.15, 0.2) is 34.2 Å². The van der Waals surface area contributed by atoms with Crippen LogP contribution in [-0.2, 0) is 16.6 Å². The second kappa shape index (κ2) is 9.92. The molecule has 0 atom stereocenters. The third-order valence-corrected chi connectivity index (χ3v) is 6.49. The van der Waals surface area contributed by atoms with Crippen LogP contribution < -0.4 is 5.32 Å². The Hall–Kier alpha value is -1.60. The molecule has 1 saturated heterocycles. The molecule has 0 unspecified atom stereocenters. The number of nitrogens with one attached hydrogen (secondary N) is 1. The maximum atomic E-state index is 12.6. The highest BCUT2D eigenvalue weighted by molar-refractivity contribution is 7.89. The fourth-order valence-corrected chi connectivity index (χ4v) is 4.50. The number of hydrogen-bond donors (Lipinski definition) is 1. The number of benzene rings is 1. The van der Waals surface area contributed by atoms with Gasteiger partial charge in [-0.3, -0.25) is 0 Å². The monoisotopic (exact) mass is 380 g/mol. The van der Waals surface area contributed by atoms with Gasteiger partial charge in [-0.25, -0.2) is 13.4 Å². The van der Waals surface area contributed by atoms with E-state index in [2.05, 4.69) is 29.1 Å². The van der Waals surface area contributed by atoms with Crippen molar-refractivity contribution in [2.75, 3.05) is 33.2 Å². The van der Waals surface area contributed by atoms with Gasteiger partial charge in [0.25, 0.3) is 0 Å². The number of sulfonamides is 1. The zero-order valence-electron chi connectivity index (χ0n) is 16.2. The molecule has 1 N–H and O–H groups in total. The quantitative estimate of drug-likeness (QED) is 0.556. The molecule has 0 bridgehead atoms. The lowest BCUT2D eigenvalue weighted by Crippen LogP contribution is -2.39. The molecular weight excluding hydrogens is 348 g/mol. The minimum Gasteiger partial charge on any atom is -0.357 e. The molecule has 1 fully saturated rings. The molecular formula is C19H32N4O2S. The Bertz CT molecular complexity index is 680. The molecule has 146 valence electrons. The van der Waals surface area contributed by atoms with E-state index in [0.29, 0.717) is 24.5 Å². The summed E-state index contributed by atoms with van der Waals surface area (Å²) in [6.45, 7) is 7.81. The first-order chi connectivity index (χ1) is 12.5. The first-order valence-electron chi connectivity index (χ1n) is 9.57. The average molecular weight is 381 g/mol. The Balaban J connectivity index is 2.05. The molecule has 26 heavy (non-hydrogen) atoms. The summed E-state index contributed by atoms with van der Waals surface area (Å²) in [6, 6.07) is 7.13.